The zero-order valence-electron chi connectivity index (χ0n) is 12.2. The first-order valence-electron chi connectivity index (χ1n) is 6.55. The number of aromatic nitrogens is 3. The van der Waals surface area contributed by atoms with E-state index in [9.17, 15) is 8.42 Å². The molecule has 0 atom stereocenters. The molecule has 0 radical (unpaired) electrons. The summed E-state index contributed by atoms with van der Waals surface area (Å²) in [6.07, 6.45) is 3.04. The lowest BCUT2D eigenvalue weighted by molar-refractivity contribution is 0.463. The van der Waals surface area contributed by atoms with E-state index in [1.54, 1.807) is 6.92 Å². The summed E-state index contributed by atoms with van der Waals surface area (Å²) in [6, 6.07) is 0.249. The number of nitrogens with zero attached hydrogens (tertiary/aromatic N) is 2. The molecule has 0 aliphatic heterocycles. The van der Waals surface area contributed by atoms with Crippen LogP contribution in [0.1, 0.15) is 31.1 Å². The fourth-order valence-electron chi connectivity index (χ4n) is 1.68. The molecule has 116 valence electrons. The minimum Gasteiger partial charge on any atom is -0.445 e. The summed E-state index contributed by atoms with van der Waals surface area (Å²) in [6.45, 7) is 6.12. The summed E-state index contributed by atoms with van der Waals surface area (Å²) >= 11 is 0. The molecule has 0 unspecified atom stereocenters. The average molecular weight is 313 g/mol. The second kappa shape index (κ2) is 6.37. The van der Waals surface area contributed by atoms with Crippen molar-refractivity contribution in [1.82, 2.24) is 25.2 Å². The van der Waals surface area contributed by atoms with Gasteiger partial charge >= 0.3 is 0 Å². The maximum atomic E-state index is 12.3. The molecule has 3 N–H and O–H groups in total. The van der Waals surface area contributed by atoms with Crippen LogP contribution >= 0.6 is 0 Å². The van der Waals surface area contributed by atoms with Gasteiger partial charge in [0.05, 0.1) is 18.9 Å². The first-order chi connectivity index (χ1) is 9.88. The second-order valence-corrected chi connectivity index (χ2v) is 6.65. The molecule has 0 saturated heterocycles. The molecule has 2 aromatic rings. The minimum atomic E-state index is -3.69. The minimum absolute atomic E-state index is 0.00770. The molecule has 0 aliphatic carbocycles. The highest BCUT2D eigenvalue weighted by molar-refractivity contribution is 7.89. The summed E-state index contributed by atoms with van der Waals surface area (Å²) in [5, 5.41) is 9.53. The molecular weight excluding hydrogens is 294 g/mol. The Bertz CT molecular complexity index is 689. The van der Waals surface area contributed by atoms with Gasteiger partial charge in [-0.25, -0.2) is 18.1 Å². The Morgan fingerprint density at radius 3 is 2.71 bits per heavy atom. The van der Waals surface area contributed by atoms with Gasteiger partial charge in [-0.3, -0.25) is 5.10 Å². The van der Waals surface area contributed by atoms with E-state index in [0.29, 0.717) is 23.8 Å². The lowest BCUT2D eigenvalue weighted by Crippen LogP contribution is -2.27. The third-order valence-electron chi connectivity index (χ3n) is 2.73. The highest BCUT2D eigenvalue weighted by Gasteiger charge is 2.21. The van der Waals surface area contributed by atoms with Crippen LogP contribution < -0.4 is 10.0 Å². The summed E-state index contributed by atoms with van der Waals surface area (Å²) in [7, 11) is -3.69. The Morgan fingerprint density at radius 2 is 2.10 bits per heavy atom. The van der Waals surface area contributed by atoms with Crippen molar-refractivity contribution < 1.29 is 12.8 Å². The van der Waals surface area contributed by atoms with Gasteiger partial charge in [0, 0.05) is 18.2 Å². The zero-order valence-corrected chi connectivity index (χ0v) is 13.0. The maximum absolute atomic E-state index is 12.3. The van der Waals surface area contributed by atoms with Gasteiger partial charge in [0.15, 0.2) is 5.03 Å². The fraction of sp³-hybridized carbons (Fsp3) is 0.500. The van der Waals surface area contributed by atoms with Gasteiger partial charge in [0.2, 0.25) is 5.89 Å². The molecule has 2 rings (SSSR count). The molecule has 2 heterocycles. The van der Waals surface area contributed by atoms with E-state index in [2.05, 4.69) is 25.2 Å². The van der Waals surface area contributed by atoms with E-state index in [4.69, 9.17) is 4.42 Å². The number of hydrogen-bond acceptors (Lipinski definition) is 6. The van der Waals surface area contributed by atoms with Crippen molar-refractivity contribution in [3.8, 4) is 0 Å². The average Bonchev–Trinajstić information content (AvgIpc) is 3.03. The van der Waals surface area contributed by atoms with E-state index in [1.165, 1.54) is 12.4 Å². The molecule has 0 saturated carbocycles. The van der Waals surface area contributed by atoms with Crippen molar-refractivity contribution in [2.45, 2.75) is 44.9 Å². The molecule has 0 bridgehead atoms. The van der Waals surface area contributed by atoms with Gasteiger partial charge in [0.1, 0.15) is 5.76 Å². The fourth-order valence-corrected chi connectivity index (χ4v) is 2.78. The van der Waals surface area contributed by atoms with Gasteiger partial charge in [-0.05, 0) is 6.92 Å². The van der Waals surface area contributed by atoms with Crippen molar-refractivity contribution in [2.75, 3.05) is 0 Å². The van der Waals surface area contributed by atoms with Crippen molar-refractivity contribution in [3.05, 3.63) is 29.6 Å². The molecule has 0 spiro atoms. The van der Waals surface area contributed by atoms with Crippen LogP contribution in [0.15, 0.2) is 21.8 Å². The van der Waals surface area contributed by atoms with Crippen molar-refractivity contribution in [1.29, 1.82) is 0 Å². The molecule has 2 aromatic heterocycles. The van der Waals surface area contributed by atoms with Crippen molar-refractivity contribution >= 4 is 10.0 Å². The maximum Gasteiger partial charge on any atom is 0.258 e. The molecule has 0 aliphatic rings. The third kappa shape index (κ3) is 4.13. The standard InChI is InChI=1S/C12H19N5O3S/c1-8(2)13-5-10-6-15-17-12(10)21(18,19)16-7-11-14-4-9(3)20-11/h4,6,8,13,16H,5,7H2,1-3H3,(H,15,17). The van der Waals surface area contributed by atoms with Crippen LogP contribution in [0.5, 0.6) is 0 Å². The number of aryl methyl sites for hydroxylation is 1. The number of H-pyrrole nitrogens is 1. The highest BCUT2D eigenvalue weighted by Crippen LogP contribution is 2.12. The van der Waals surface area contributed by atoms with E-state index < -0.39 is 10.0 Å². The molecule has 0 fully saturated rings. The molecule has 21 heavy (non-hydrogen) atoms. The first kappa shape index (κ1) is 15.7. The van der Waals surface area contributed by atoms with Gasteiger partial charge in [-0.1, -0.05) is 13.8 Å². The topological polar surface area (TPSA) is 113 Å². The van der Waals surface area contributed by atoms with Gasteiger partial charge in [0.25, 0.3) is 10.0 Å². The van der Waals surface area contributed by atoms with Crippen molar-refractivity contribution in [3.63, 3.8) is 0 Å². The third-order valence-corrected chi connectivity index (χ3v) is 4.15. The van der Waals surface area contributed by atoms with Gasteiger partial charge in [-0.15, -0.1) is 0 Å². The second-order valence-electron chi connectivity index (χ2n) is 4.95. The first-order valence-corrected chi connectivity index (χ1v) is 8.03. The lowest BCUT2D eigenvalue weighted by Gasteiger charge is -2.09. The number of hydrogen-bond donors (Lipinski definition) is 3. The smallest absolute Gasteiger partial charge is 0.258 e. The van der Waals surface area contributed by atoms with Crippen LogP contribution in [0.2, 0.25) is 0 Å². The van der Waals surface area contributed by atoms with E-state index in [1.807, 2.05) is 13.8 Å². The summed E-state index contributed by atoms with van der Waals surface area (Å²) in [5.41, 5.74) is 0.583. The van der Waals surface area contributed by atoms with Crippen LogP contribution in [0, 0.1) is 6.92 Å². The Hall–Kier alpha value is -1.71. The SMILES string of the molecule is Cc1cnc(CNS(=O)(=O)c2[nH]ncc2CNC(C)C)o1. The van der Waals surface area contributed by atoms with E-state index >= 15 is 0 Å². The van der Waals surface area contributed by atoms with Gasteiger partial charge in [-0.2, -0.15) is 5.10 Å². The summed E-state index contributed by atoms with van der Waals surface area (Å²) < 4.78 is 32.2. The number of sulfonamides is 1. The Labute approximate surface area is 123 Å². The molecule has 9 heteroatoms. The quantitative estimate of drug-likeness (QED) is 0.693. The summed E-state index contributed by atoms with van der Waals surface area (Å²) in [5.74, 6) is 0.949. The highest BCUT2D eigenvalue weighted by atomic mass is 32.2. The van der Waals surface area contributed by atoms with Gasteiger partial charge < -0.3 is 9.73 Å². The van der Waals surface area contributed by atoms with E-state index in [-0.39, 0.29) is 17.6 Å². The molecule has 0 aromatic carbocycles. The Balaban J connectivity index is 2.07. The predicted octanol–water partition coefficient (Wildman–Crippen LogP) is 0.683. The number of aromatic amines is 1. The normalized spacial score (nSPS) is 12.2. The summed E-state index contributed by atoms with van der Waals surface area (Å²) in [4.78, 5) is 3.95. The van der Waals surface area contributed by atoms with Crippen LogP contribution in [-0.2, 0) is 23.1 Å². The predicted molar refractivity (Wildman–Crippen MR) is 75.8 cm³/mol. The Kier molecular flexibility index (Phi) is 4.76. The lowest BCUT2D eigenvalue weighted by atomic mass is 10.3. The molecule has 0 amide bonds. The number of rotatable bonds is 7. The van der Waals surface area contributed by atoms with Crippen LogP contribution in [0.3, 0.4) is 0 Å². The van der Waals surface area contributed by atoms with Crippen LogP contribution in [0.25, 0.3) is 0 Å². The van der Waals surface area contributed by atoms with E-state index in [0.717, 1.165) is 0 Å². The molecular formula is C12H19N5O3S. The van der Waals surface area contributed by atoms with Crippen LogP contribution in [-0.4, -0.2) is 29.6 Å². The largest absolute Gasteiger partial charge is 0.445 e. The number of oxazole rings is 1. The van der Waals surface area contributed by atoms with Crippen LogP contribution in [0.4, 0.5) is 0 Å². The zero-order chi connectivity index (χ0) is 15.5. The van der Waals surface area contributed by atoms with Crippen molar-refractivity contribution in [2.24, 2.45) is 0 Å². The molecule has 8 nitrogen and oxygen atoms in total. The Morgan fingerprint density at radius 1 is 1.33 bits per heavy atom. The number of nitrogens with one attached hydrogen (secondary N) is 3. The monoisotopic (exact) mass is 313 g/mol.